The molecule has 0 heterocycles. The minimum atomic E-state index is -0.300. The fourth-order valence-electron chi connectivity index (χ4n) is 1.39. The van der Waals surface area contributed by atoms with E-state index in [0.717, 1.165) is 18.4 Å². The highest BCUT2D eigenvalue weighted by molar-refractivity contribution is 5.29. The number of hydrogen-bond acceptors (Lipinski definition) is 2. The summed E-state index contributed by atoms with van der Waals surface area (Å²) < 4.78 is 18.8. The quantitative estimate of drug-likeness (QED) is 0.567. The van der Waals surface area contributed by atoms with Gasteiger partial charge in [0.25, 0.3) is 0 Å². The van der Waals surface area contributed by atoms with Gasteiger partial charge in [-0.15, -0.1) is 6.58 Å². The first-order valence-electron chi connectivity index (χ1n) is 5.44. The van der Waals surface area contributed by atoms with E-state index in [2.05, 4.69) is 11.9 Å². The van der Waals surface area contributed by atoms with Gasteiger partial charge >= 0.3 is 0 Å². The highest BCUT2D eigenvalue weighted by Crippen LogP contribution is 2.18. The Morgan fingerprint density at radius 3 is 2.94 bits per heavy atom. The lowest BCUT2D eigenvalue weighted by Gasteiger charge is -2.08. The van der Waals surface area contributed by atoms with Crippen LogP contribution in [0.25, 0.3) is 0 Å². The summed E-state index contributed by atoms with van der Waals surface area (Å²) in [6, 6.07) is 5.04. The second kappa shape index (κ2) is 7.01. The van der Waals surface area contributed by atoms with Gasteiger partial charge in [0.1, 0.15) is 0 Å². The van der Waals surface area contributed by atoms with Crippen molar-refractivity contribution in [2.45, 2.75) is 19.4 Å². The third kappa shape index (κ3) is 4.03. The molecule has 0 unspecified atom stereocenters. The van der Waals surface area contributed by atoms with Crippen LogP contribution in [0.3, 0.4) is 0 Å². The normalized spacial score (nSPS) is 10.1. The molecule has 88 valence electrons. The molecule has 0 aliphatic carbocycles. The largest absolute Gasteiger partial charge is 0.491 e. The first kappa shape index (κ1) is 12.7. The zero-order chi connectivity index (χ0) is 11.8. The van der Waals surface area contributed by atoms with E-state index >= 15 is 0 Å². The monoisotopic (exact) mass is 223 g/mol. The Morgan fingerprint density at radius 1 is 1.50 bits per heavy atom. The predicted octanol–water partition coefficient (Wildman–Crippen LogP) is 2.89. The van der Waals surface area contributed by atoms with Gasteiger partial charge in [-0.3, -0.25) is 0 Å². The molecule has 1 aromatic rings. The van der Waals surface area contributed by atoms with Gasteiger partial charge in [-0.05, 0) is 37.6 Å². The summed E-state index contributed by atoms with van der Waals surface area (Å²) >= 11 is 0. The molecule has 1 N–H and O–H groups in total. The number of ether oxygens (including phenoxy) is 1. The van der Waals surface area contributed by atoms with Crippen LogP contribution in [0.4, 0.5) is 4.39 Å². The molecule has 0 atom stereocenters. The van der Waals surface area contributed by atoms with E-state index in [4.69, 9.17) is 4.74 Å². The van der Waals surface area contributed by atoms with E-state index in [1.54, 1.807) is 6.07 Å². The van der Waals surface area contributed by atoms with Crippen molar-refractivity contribution in [2.75, 3.05) is 13.7 Å². The molecule has 0 aromatic heterocycles. The molecule has 3 heteroatoms. The van der Waals surface area contributed by atoms with Crippen LogP contribution in [0.15, 0.2) is 30.9 Å². The Kier molecular flexibility index (Phi) is 5.57. The number of rotatable bonds is 7. The number of hydrogen-bond donors (Lipinski definition) is 1. The van der Waals surface area contributed by atoms with Crippen LogP contribution in [0.2, 0.25) is 0 Å². The van der Waals surface area contributed by atoms with Crippen molar-refractivity contribution in [1.29, 1.82) is 0 Å². The number of benzene rings is 1. The van der Waals surface area contributed by atoms with Gasteiger partial charge in [-0.1, -0.05) is 12.1 Å². The number of unbranched alkanes of at least 4 members (excludes halogenated alkanes) is 1. The van der Waals surface area contributed by atoms with Gasteiger partial charge in [-0.25, -0.2) is 4.39 Å². The van der Waals surface area contributed by atoms with Crippen molar-refractivity contribution in [1.82, 2.24) is 5.32 Å². The van der Waals surface area contributed by atoms with Crippen molar-refractivity contribution in [3.05, 3.63) is 42.2 Å². The van der Waals surface area contributed by atoms with Gasteiger partial charge in [0.2, 0.25) is 0 Å². The molecule has 1 aromatic carbocycles. The lowest BCUT2D eigenvalue weighted by Crippen LogP contribution is -2.06. The summed E-state index contributed by atoms with van der Waals surface area (Å²) in [5, 5.41) is 2.97. The van der Waals surface area contributed by atoms with E-state index in [0.29, 0.717) is 18.9 Å². The Bertz CT molecular complexity index is 339. The molecule has 0 radical (unpaired) electrons. The van der Waals surface area contributed by atoms with Crippen LogP contribution in [-0.4, -0.2) is 13.7 Å². The number of nitrogens with one attached hydrogen (secondary N) is 1. The van der Waals surface area contributed by atoms with Crippen LogP contribution in [0, 0.1) is 5.82 Å². The maximum absolute atomic E-state index is 13.5. The molecule has 0 saturated carbocycles. The maximum Gasteiger partial charge on any atom is 0.165 e. The van der Waals surface area contributed by atoms with E-state index < -0.39 is 0 Å². The van der Waals surface area contributed by atoms with Gasteiger partial charge < -0.3 is 10.1 Å². The SMILES string of the molecule is C=CCCCOc1ccc(CNC)cc1F. The fraction of sp³-hybridized carbons (Fsp3) is 0.385. The van der Waals surface area contributed by atoms with Crippen molar-refractivity contribution < 1.29 is 9.13 Å². The van der Waals surface area contributed by atoms with E-state index in [-0.39, 0.29) is 5.82 Å². The zero-order valence-corrected chi connectivity index (χ0v) is 9.63. The molecule has 0 spiro atoms. The maximum atomic E-state index is 13.5. The topological polar surface area (TPSA) is 21.3 Å². The molecule has 0 aliphatic heterocycles. The van der Waals surface area contributed by atoms with Crippen molar-refractivity contribution in [3.8, 4) is 5.75 Å². The Hall–Kier alpha value is -1.35. The Balaban J connectivity index is 2.50. The van der Waals surface area contributed by atoms with Crippen LogP contribution < -0.4 is 10.1 Å². The fourth-order valence-corrected chi connectivity index (χ4v) is 1.39. The van der Waals surface area contributed by atoms with E-state index in [1.807, 2.05) is 19.2 Å². The highest BCUT2D eigenvalue weighted by atomic mass is 19.1. The van der Waals surface area contributed by atoms with Crippen molar-refractivity contribution in [2.24, 2.45) is 0 Å². The molecule has 0 bridgehead atoms. The lowest BCUT2D eigenvalue weighted by atomic mass is 10.2. The molecule has 1 rings (SSSR count). The predicted molar refractivity (Wildman–Crippen MR) is 64.1 cm³/mol. The molecular formula is C13H18FNO. The van der Waals surface area contributed by atoms with Gasteiger partial charge in [0, 0.05) is 6.54 Å². The Labute approximate surface area is 96.1 Å². The average Bonchev–Trinajstić information content (AvgIpc) is 2.27. The summed E-state index contributed by atoms with van der Waals surface area (Å²) in [6.07, 6.45) is 3.58. The number of allylic oxidation sites excluding steroid dienone is 1. The summed E-state index contributed by atoms with van der Waals surface area (Å²) in [5.74, 6) is 0.0234. The van der Waals surface area contributed by atoms with Crippen LogP contribution in [-0.2, 0) is 6.54 Å². The molecule has 0 amide bonds. The lowest BCUT2D eigenvalue weighted by molar-refractivity contribution is 0.296. The van der Waals surface area contributed by atoms with E-state index in [1.165, 1.54) is 6.07 Å². The molecule has 0 aliphatic rings. The smallest absolute Gasteiger partial charge is 0.165 e. The van der Waals surface area contributed by atoms with Crippen LogP contribution in [0.5, 0.6) is 5.75 Å². The van der Waals surface area contributed by atoms with Gasteiger partial charge in [-0.2, -0.15) is 0 Å². The Morgan fingerprint density at radius 2 is 2.31 bits per heavy atom. The first-order chi connectivity index (χ1) is 7.77. The first-order valence-corrected chi connectivity index (χ1v) is 5.44. The second-order valence-electron chi connectivity index (χ2n) is 3.57. The van der Waals surface area contributed by atoms with Crippen molar-refractivity contribution >= 4 is 0 Å². The molecular weight excluding hydrogens is 205 g/mol. The van der Waals surface area contributed by atoms with Crippen LogP contribution >= 0.6 is 0 Å². The molecule has 2 nitrogen and oxygen atoms in total. The third-order valence-corrected chi connectivity index (χ3v) is 2.19. The number of halogens is 1. The van der Waals surface area contributed by atoms with Gasteiger partial charge in [0.15, 0.2) is 11.6 Å². The minimum absolute atomic E-state index is 0.300. The van der Waals surface area contributed by atoms with E-state index in [9.17, 15) is 4.39 Å². The second-order valence-corrected chi connectivity index (χ2v) is 3.57. The third-order valence-electron chi connectivity index (χ3n) is 2.19. The zero-order valence-electron chi connectivity index (χ0n) is 9.63. The van der Waals surface area contributed by atoms with Gasteiger partial charge in [0.05, 0.1) is 6.61 Å². The average molecular weight is 223 g/mol. The summed E-state index contributed by atoms with van der Waals surface area (Å²) in [4.78, 5) is 0. The van der Waals surface area contributed by atoms with Crippen molar-refractivity contribution in [3.63, 3.8) is 0 Å². The summed E-state index contributed by atoms with van der Waals surface area (Å²) in [6.45, 7) is 4.80. The molecule has 0 saturated heterocycles. The summed E-state index contributed by atoms with van der Waals surface area (Å²) in [5.41, 5.74) is 0.915. The van der Waals surface area contributed by atoms with Crippen LogP contribution in [0.1, 0.15) is 18.4 Å². The molecule has 16 heavy (non-hydrogen) atoms. The molecule has 0 fully saturated rings. The minimum Gasteiger partial charge on any atom is -0.491 e. The summed E-state index contributed by atoms with van der Waals surface area (Å²) in [7, 11) is 1.83. The standard InChI is InChI=1S/C13H18FNO/c1-3-4-5-8-16-13-7-6-11(10-15-2)9-12(13)14/h3,6-7,9,15H,1,4-5,8,10H2,2H3. The highest BCUT2D eigenvalue weighted by Gasteiger charge is 2.03.